The van der Waals surface area contributed by atoms with E-state index in [1.807, 2.05) is 6.07 Å². The van der Waals surface area contributed by atoms with Crippen LogP contribution in [0, 0.1) is 5.92 Å². The highest BCUT2D eigenvalue weighted by Crippen LogP contribution is 2.34. The van der Waals surface area contributed by atoms with Gasteiger partial charge in [0.2, 0.25) is 5.88 Å². The molecule has 0 bridgehead atoms. The minimum absolute atomic E-state index is 0.657. The molecule has 1 saturated carbocycles. The minimum atomic E-state index is 0.657. The van der Waals surface area contributed by atoms with Crippen LogP contribution in [-0.2, 0) is 6.54 Å². The van der Waals surface area contributed by atoms with Crippen molar-refractivity contribution in [2.75, 3.05) is 7.11 Å². The van der Waals surface area contributed by atoms with Gasteiger partial charge in [0.1, 0.15) is 0 Å². The van der Waals surface area contributed by atoms with Crippen LogP contribution in [0.15, 0.2) is 18.3 Å². The molecule has 3 nitrogen and oxygen atoms in total. The van der Waals surface area contributed by atoms with Gasteiger partial charge in [-0.15, -0.1) is 0 Å². The van der Waals surface area contributed by atoms with Gasteiger partial charge >= 0.3 is 0 Å². The Kier molecular flexibility index (Phi) is 3.78. The van der Waals surface area contributed by atoms with Crippen LogP contribution in [0.5, 0.6) is 5.88 Å². The molecule has 16 heavy (non-hydrogen) atoms. The molecule has 0 aliphatic heterocycles. The first kappa shape index (κ1) is 11.4. The van der Waals surface area contributed by atoms with Gasteiger partial charge in [0.15, 0.2) is 0 Å². The molecule has 1 aliphatic rings. The zero-order chi connectivity index (χ0) is 11.4. The summed E-state index contributed by atoms with van der Waals surface area (Å²) in [7, 11) is 1.67. The van der Waals surface area contributed by atoms with Crippen molar-refractivity contribution in [3.05, 3.63) is 23.9 Å². The van der Waals surface area contributed by atoms with Crippen molar-refractivity contribution in [1.29, 1.82) is 0 Å². The molecule has 1 unspecified atom stereocenters. The highest BCUT2D eigenvalue weighted by Gasteiger charge is 2.29. The van der Waals surface area contributed by atoms with E-state index in [1.165, 1.54) is 19.3 Å². The Balaban J connectivity index is 1.92. The van der Waals surface area contributed by atoms with Crippen molar-refractivity contribution in [3.8, 4) is 5.88 Å². The fraction of sp³-hybridized carbons (Fsp3) is 0.615. The average Bonchev–Trinajstić information content (AvgIpc) is 3.15. The van der Waals surface area contributed by atoms with Crippen molar-refractivity contribution in [2.45, 2.75) is 38.8 Å². The van der Waals surface area contributed by atoms with Gasteiger partial charge in [0.05, 0.1) is 7.11 Å². The number of methoxy groups -OCH3 is 1. The number of nitrogens with zero attached hydrogens (tertiary/aromatic N) is 1. The first-order valence-electron chi connectivity index (χ1n) is 6.06. The van der Waals surface area contributed by atoms with Crippen LogP contribution in [0.1, 0.15) is 31.7 Å². The van der Waals surface area contributed by atoms with Crippen molar-refractivity contribution in [3.63, 3.8) is 0 Å². The van der Waals surface area contributed by atoms with E-state index in [4.69, 9.17) is 4.74 Å². The second kappa shape index (κ2) is 5.30. The number of hydrogen-bond donors (Lipinski definition) is 1. The molecule has 1 aliphatic carbocycles. The lowest BCUT2D eigenvalue weighted by Gasteiger charge is -2.16. The van der Waals surface area contributed by atoms with Crippen LogP contribution in [-0.4, -0.2) is 18.1 Å². The summed E-state index contributed by atoms with van der Waals surface area (Å²) >= 11 is 0. The molecule has 2 rings (SSSR count). The molecule has 0 spiro atoms. The summed E-state index contributed by atoms with van der Waals surface area (Å²) in [6.45, 7) is 3.10. The van der Waals surface area contributed by atoms with Gasteiger partial charge in [0.25, 0.3) is 0 Å². The molecule has 3 heteroatoms. The van der Waals surface area contributed by atoms with E-state index in [0.717, 1.165) is 23.9 Å². The molecule has 1 N–H and O–H groups in total. The van der Waals surface area contributed by atoms with Gasteiger partial charge < -0.3 is 10.1 Å². The lowest BCUT2D eigenvalue weighted by molar-refractivity contribution is 0.384. The van der Waals surface area contributed by atoms with E-state index in [9.17, 15) is 0 Å². The number of aromatic nitrogens is 1. The van der Waals surface area contributed by atoms with Crippen molar-refractivity contribution in [1.82, 2.24) is 10.3 Å². The Morgan fingerprint density at radius 3 is 3.00 bits per heavy atom. The zero-order valence-corrected chi connectivity index (χ0v) is 10.1. The molecule has 1 aromatic heterocycles. The molecule has 0 aromatic carbocycles. The third-order valence-electron chi connectivity index (χ3n) is 3.23. The fourth-order valence-corrected chi connectivity index (χ4v) is 2.13. The third-order valence-corrected chi connectivity index (χ3v) is 3.23. The molecular weight excluding hydrogens is 200 g/mol. The summed E-state index contributed by atoms with van der Waals surface area (Å²) in [5, 5.41) is 3.60. The summed E-state index contributed by atoms with van der Waals surface area (Å²) in [5.41, 5.74) is 1.14. The minimum Gasteiger partial charge on any atom is -0.481 e. The predicted molar refractivity (Wildman–Crippen MR) is 64.4 cm³/mol. The van der Waals surface area contributed by atoms with E-state index >= 15 is 0 Å². The Hall–Kier alpha value is -1.09. The average molecular weight is 220 g/mol. The van der Waals surface area contributed by atoms with E-state index in [1.54, 1.807) is 13.3 Å². The molecule has 1 aromatic rings. The summed E-state index contributed by atoms with van der Waals surface area (Å²) < 4.78 is 5.24. The summed E-state index contributed by atoms with van der Waals surface area (Å²) in [6, 6.07) is 4.68. The molecule has 1 atom stereocenters. The summed E-state index contributed by atoms with van der Waals surface area (Å²) in [4.78, 5) is 4.20. The first-order chi connectivity index (χ1) is 7.85. The Bertz CT molecular complexity index is 336. The zero-order valence-electron chi connectivity index (χ0n) is 10.1. The third kappa shape index (κ3) is 2.73. The van der Waals surface area contributed by atoms with Gasteiger partial charge in [-0.25, -0.2) is 4.98 Å². The number of nitrogens with one attached hydrogen (secondary N) is 1. The molecule has 0 saturated heterocycles. The second-order valence-corrected chi connectivity index (χ2v) is 4.40. The molecule has 1 heterocycles. The monoisotopic (exact) mass is 220 g/mol. The Morgan fingerprint density at radius 1 is 1.56 bits per heavy atom. The maximum atomic E-state index is 5.24. The maximum Gasteiger partial charge on any atom is 0.217 e. The normalized spacial score (nSPS) is 17.1. The topological polar surface area (TPSA) is 34.2 Å². The van der Waals surface area contributed by atoms with Crippen LogP contribution in [0.4, 0.5) is 0 Å². The lowest BCUT2D eigenvalue weighted by Crippen LogP contribution is -2.30. The number of ether oxygens (including phenoxy) is 1. The first-order valence-corrected chi connectivity index (χ1v) is 6.06. The fourth-order valence-electron chi connectivity index (χ4n) is 2.13. The number of pyridine rings is 1. The molecule has 88 valence electrons. The van der Waals surface area contributed by atoms with Gasteiger partial charge in [0, 0.05) is 24.3 Å². The molecule has 0 radical (unpaired) electrons. The van der Waals surface area contributed by atoms with Crippen molar-refractivity contribution in [2.24, 2.45) is 5.92 Å². The standard InChI is InChI=1S/C13H20N2O/c1-3-12(10-6-7-10)15-9-11-5-4-8-14-13(11)16-2/h4-5,8,10,12,15H,3,6-7,9H2,1-2H3. The van der Waals surface area contributed by atoms with Gasteiger partial charge in [-0.2, -0.15) is 0 Å². The van der Waals surface area contributed by atoms with E-state index in [2.05, 4.69) is 23.3 Å². The van der Waals surface area contributed by atoms with Gasteiger partial charge in [-0.05, 0) is 31.2 Å². The van der Waals surface area contributed by atoms with E-state index in [0.29, 0.717) is 6.04 Å². The lowest BCUT2D eigenvalue weighted by atomic mass is 10.1. The summed E-state index contributed by atoms with van der Waals surface area (Å²) in [5.74, 6) is 1.63. The predicted octanol–water partition coefficient (Wildman–Crippen LogP) is 2.37. The molecular formula is C13H20N2O. The number of hydrogen-bond acceptors (Lipinski definition) is 3. The van der Waals surface area contributed by atoms with Crippen molar-refractivity contribution >= 4 is 0 Å². The maximum absolute atomic E-state index is 5.24. The van der Waals surface area contributed by atoms with E-state index in [-0.39, 0.29) is 0 Å². The molecule has 0 amide bonds. The quantitative estimate of drug-likeness (QED) is 0.799. The summed E-state index contributed by atoms with van der Waals surface area (Å²) in [6.07, 6.45) is 5.74. The highest BCUT2D eigenvalue weighted by molar-refractivity contribution is 5.25. The van der Waals surface area contributed by atoms with Gasteiger partial charge in [-0.3, -0.25) is 0 Å². The SMILES string of the molecule is CCC(NCc1cccnc1OC)C1CC1. The van der Waals surface area contributed by atoms with Crippen molar-refractivity contribution < 1.29 is 4.74 Å². The van der Waals surface area contributed by atoms with E-state index < -0.39 is 0 Å². The largest absolute Gasteiger partial charge is 0.481 e. The Labute approximate surface area is 97.2 Å². The van der Waals surface area contributed by atoms with Crippen LogP contribution in [0.3, 0.4) is 0 Å². The van der Waals surface area contributed by atoms with Crippen LogP contribution >= 0.6 is 0 Å². The number of rotatable bonds is 6. The van der Waals surface area contributed by atoms with Crippen LogP contribution < -0.4 is 10.1 Å². The van der Waals surface area contributed by atoms with Crippen LogP contribution in [0.2, 0.25) is 0 Å². The van der Waals surface area contributed by atoms with Gasteiger partial charge in [-0.1, -0.05) is 13.0 Å². The second-order valence-electron chi connectivity index (χ2n) is 4.40. The smallest absolute Gasteiger partial charge is 0.217 e. The Morgan fingerprint density at radius 2 is 2.38 bits per heavy atom. The van der Waals surface area contributed by atoms with Crippen LogP contribution in [0.25, 0.3) is 0 Å². The molecule has 1 fully saturated rings. The highest BCUT2D eigenvalue weighted by atomic mass is 16.5.